The van der Waals surface area contributed by atoms with Crippen LogP contribution in [0.4, 0.5) is 10.2 Å². The van der Waals surface area contributed by atoms with Crippen molar-refractivity contribution in [3.63, 3.8) is 0 Å². The Bertz CT molecular complexity index is 966. The molecule has 27 heavy (non-hydrogen) atoms. The Morgan fingerprint density at radius 2 is 2.04 bits per heavy atom. The van der Waals surface area contributed by atoms with Crippen LogP contribution >= 0.6 is 0 Å². The number of carbonyl (C=O) groups is 1. The number of ether oxygens (including phenoxy) is 1. The average molecular weight is 365 g/mol. The highest BCUT2D eigenvalue weighted by atomic mass is 19.1. The van der Waals surface area contributed by atoms with Crippen molar-refractivity contribution < 1.29 is 13.9 Å². The number of aryl methyl sites for hydroxylation is 1. The standard InChI is InChI=1S/C21H20FN3O2/c1-25-13-23-20(15-6-8-16(22)9-7-15)21(25)24-19(26)12-18-17-5-3-2-4-14(17)10-11-27-18/h2-9,13,18H,10-12H2,1H3,(H,24,26)/t18-/m1/s1. The number of hydrogen-bond acceptors (Lipinski definition) is 3. The fourth-order valence-electron chi connectivity index (χ4n) is 3.39. The van der Waals surface area contributed by atoms with Crippen molar-refractivity contribution in [1.29, 1.82) is 0 Å². The molecule has 5 nitrogen and oxygen atoms in total. The van der Waals surface area contributed by atoms with Gasteiger partial charge in [-0.3, -0.25) is 4.79 Å². The van der Waals surface area contributed by atoms with Gasteiger partial charge >= 0.3 is 0 Å². The van der Waals surface area contributed by atoms with Gasteiger partial charge in [0, 0.05) is 12.6 Å². The minimum absolute atomic E-state index is 0.149. The number of fused-ring (bicyclic) bond motifs is 1. The zero-order chi connectivity index (χ0) is 18.8. The van der Waals surface area contributed by atoms with E-state index in [0.29, 0.717) is 18.1 Å². The van der Waals surface area contributed by atoms with Crippen molar-refractivity contribution in [1.82, 2.24) is 9.55 Å². The van der Waals surface area contributed by atoms with E-state index in [2.05, 4.69) is 16.4 Å². The Balaban J connectivity index is 1.53. The summed E-state index contributed by atoms with van der Waals surface area (Å²) in [5.74, 6) is 0.118. The number of carbonyl (C=O) groups excluding carboxylic acids is 1. The van der Waals surface area contributed by atoms with Crippen molar-refractivity contribution in [3.05, 3.63) is 71.8 Å². The Morgan fingerprint density at radius 3 is 2.85 bits per heavy atom. The summed E-state index contributed by atoms with van der Waals surface area (Å²) < 4.78 is 20.8. The summed E-state index contributed by atoms with van der Waals surface area (Å²) in [6.07, 6.45) is 2.47. The molecule has 1 atom stereocenters. The number of benzene rings is 2. The lowest BCUT2D eigenvalue weighted by molar-refractivity contribution is -0.119. The Labute approximate surface area is 156 Å². The molecular weight excluding hydrogens is 345 g/mol. The summed E-state index contributed by atoms with van der Waals surface area (Å²) in [7, 11) is 1.81. The molecule has 2 heterocycles. The number of halogens is 1. The molecule has 0 fully saturated rings. The zero-order valence-electron chi connectivity index (χ0n) is 15.0. The second-order valence-electron chi connectivity index (χ2n) is 6.62. The van der Waals surface area contributed by atoms with Crippen LogP contribution in [0.2, 0.25) is 0 Å². The van der Waals surface area contributed by atoms with Crippen LogP contribution in [0.5, 0.6) is 0 Å². The molecule has 1 aliphatic heterocycles. The van der Waals surface area contributed by atoms with Crippen LogP contribution in [0.15, 0.2) is 54.9 Å². The topological polar surface area (TPSA) is 56.2 Å². The quantitative estimate of drug-likeness (QED) is 0.764. The van der Waals surface area contributed by atoms with Crippen LogP contribution < -0.4 is 5.32 Å². The van der Waals surface area contributed by atoms with E-state index < -0.39 is 0 Å². The minimum Gasteiger partial charge on any atom is -0.373 e. The van der Waals surface area contributed by atoms with Crippen LogP contribution in [0.25, 0.3) is 11.3 Å². The third-order valence-electron chi connectivity index (χ3n) is 4.78. The van der Waals surface area contributed by atoms with Crippen LogP contribution in [-0.2, 0) is 23.0 Å². The molecule has 6 heteroatoms. The SMILES string of the molecule is Cn1cnc(-c2ccc(F)cc2)c1NC(=O)C[C@H]1OCCc2ccccc21. The Morgan fingerprint density at radius 1 is 1.26 bits per heavy atom. The minimum atomic E-state index is -0.312. The summed E-state index contributed by atoms with van der Waals surface area (Å²) in [6, 6.07) is 14.1. The lowest BCUT2D eigenvalue weighted by atomic mass is 9.95. The van der Waals surface area contributed by atoms with Crippen molar-refractivity contribution in [2.75, 3.05) is 11.9 Å². The first-order chi connectivity index (χ1) is 13.1. The second-order valence-corrected chi connectivity index (χ2v) is 6.62. The number of hydrogen-bond donors (Lipinski definition) is 1. The van der Waals surface area contributed by atoms with Crippen molar-refractivity contribution >= 4 is 11.7 Å². The maximum Gasteiger partial charge on any atom is 0.228 e. The summed E-state index contributed by atoms with van der Waals surface area (Å²) in [5, 5.41) is 2.94. The van der Waals surface area contributed by atoms with Gasteiger partial charge in [0.1, 0.15) is 17.3 Å². The van der Waals surface area contributed by atoms with Crippen LogP contribution in [0.1, 0.15) is 23.7 Å². The van der Waals surface area contributed by atoms with Gasteiger partial charge in [0.2, 0.25) is 5.91 Å². The first-order valence-electron chi connectivity index (χ1n) is 8.88. The number of imidazole rings is 1. The molecule has 1 aromatic heterocycles. The lowest BCUT2D eigenvalue weighted by Gasteiger charge is -2.25. The predicted molar refractivity (Wildman–Crippen MR) is 101 cm³/mol. The molecule has 0 saturated heterocycles. The third-order valence-corrected chi connectivity index (χ3v) is 4.78. The molecule has 0 saturated carbocycles. The molecule has 4 rings (SSSR count). The molecule has 1 amide bonds. The van der Waals surface area contributed by atoms with Gasteiger partial charge in [-0.05, 0) is 41.8 Å². The van der Waals surface area contributed by atoms with Gasteiger partial charge in [-0.15, -0.1) is 0 Å². The Kier molecular flexibility index (Phi) is 4.73. The monoisotopic (exact) mass is 365 g/mol. The number of rotatable bonds is 4. The van der Waals surface area contributed by atoms with Gasteiger partial charge < -0.3 is 14.6 Å². The van der Waals surface area contributed by atoms with E-state index in [1.54, 1.807) is 23.0 Å². The highest BCUT2D eigenvalue weighted by Gasteiger charge is 2.24. The van der Waals surface area contributed by atoms with E-state index in [4.69, 9.17) is 4.74 Å². The van der Waals surface area contributed by atoms with Crippen LogP contribution in [0.3, 0.4) is 0 Å². The fraction of sp³-hybridized carbons (Fsp3) is 0.238. The summed E-state index contributed by atoms with van der Waals surface area (Å²) in [6.45, 7) is 0.613. The summed E-state index contributed by atoms with van der Waals surface area (Å²) in [4.78, 5) is 17.0. The first kappa shape index (κ1) is 17.4. The summed E-state index contributed by atoms with van der Waals surface area (Å²) in [5.41, 5.74) is 3.65. The molecule has 0 unspecified atom stereocenters. The zero-order valence-corrected chi connectivity index (χ0v) is 15.0. The van der Waals surface area contributed by atoms with Gasteiger partial charge in [0.25, 0.3) is 0 Å². The molecule has 0 radical (unpaired) electrons. The molecule has 2 aromatic carbocycles. The maximum atomic E-state index is 13.2. The van der Waals surface area contributed by atoms with Gasteiger partial charge in [0.15, 0.2) is 0 Å². The highest BCUT2D eigenvalue weighted by Crippen LogP contribution is 2.31. The molecule has 1 N–H and O–H groups in total. The molecule has 1 aliphatic rings. The predicted octanol–water partition coefficient (Wildman–Crippen LogP) is 3.87. The second kappa shape index (κ2) is 7.32. The van der Waals surface area contributed by atoms with Gasteiger partial charge in [-0.2, -0.15) is 0 Å². The maximum absolute atomic E-state index is 13.2. The van der Waals surface area contributed by atoms with Gasteiger partial charge in [0.05, 0.1) is 25.5 Å². The molecule has 0 aliphatic carbocycles. The number of nitrogens with zero attached hydrogens (tertiary/aromatic N) is 2. The molecule has 138 valence electrons. The largest absolute Gasteiger partial charge is 0.373 e. The van der Waals surface area contributed by atoms with E-state index in [1.165, 1.54) is 17.7 Å². The molecule has 0 spiro atoms. The van der Waals surface area contributed by atoms with Crippen molar-refractivity contribution in [2.24, 2.45) is 7.05 Å². The number of anilines is 1. The van der Waals surface area contributed by atoms with E-state index >= 15 is 0 Å². The lowest BCUT2D eigenvalue weighted by Crippen LogP contribution is -2.23. The highest BCUT2D eigenvalue weighted by molar-refractivity contribution is 5.94. The fourth-order valence-corrected chi connectivity index (χ4v) is 3.39. The first-order valence-corrected chi connectivity index (χ1v) is 8.88. The molecule has 0 bridgehead atoms. The van der Waals surface area contributed by atoms with E-state index in [9.17, 15) is 9.18 Å². The molecule has 3 aromatic rings. The van der Waals surface area contributed by atoms with Crippen LogP contribution in [0, 0.1) is 5.82 Å². The number of amides is 1. The van der Waals surface area contributed by atoms with E-state index in [1.807, 2.05) is 25.2 Å². The molecular formula is C21H20FN3O2. The average Bonchev–Trinajstić information content (AvgIpc) is 3.03. The smallest absolute Gasteiger partial charge is 0.228 e. The van der Waals surface area contributed by atoms with Crippen molar-refractivity contribution in [2.45, 2.75) is 18.9 Å². The van der Waals surface area contributed by atoms with E-state index in [-0.39, 0.29) is 24.2 Å². The number of nitrogens with one attached hydrogen (secondary N) is 1. The number of aromatic nitrogens is 2. The van der Waals surface area contributed by atoms with Crippen molar-refractivity contribution in [3.8, 4) is 11.3 Å². The van der Waals surface area contributed by atoms with Gasteiger partial charge in [-0.25, -0.2) is 9.37 Å². The van der Waals surface area contributed by atoms with Gasteiger partial charge in [-0.1, -0.05) is 24.3 Å². The summed E-state index contributed by atoms with van der Waals surface area (Å²) >= 11 is 0. The van der Waals surface area contributed by atoms with E-state index in [0.717, 1.165) is 17.5 Å². The third kappa shape index (κ3) is 3.61. The Hall–Kier alpha value is -2.99. The van der Waals surface area contributed by atoms with Crippen LogP contribution in [-0.4, -0.2) is 22.1 Å². The normalized spacial score (nSPS) is 16.0.